The van der Waals surface area contributed by atoms with E-state index in [1.807, 2.05) is 13.0 Å². The molecule has 8 heteroatoms. The third-order valence-electron chi connectivity index (χ3n) is 4.28. The van der Waals surface area contributed by atoms with E-state index in [4.69, 9.17) is 0 Å². The summed E-state index contributed by atoms with van der Waals surface area (Å²) < 4.78 is 40.0. The molecule has 4 nitrogen and oxygen atoms in total. The van der Waals surface area contributed by atoms with Crippen molar-refractivity contribution in [3.63, 3.8) is 0 Å². The first-order valence-corrected chi connectivity index (χ1v) is 8.89. The molecule has 0 aliphatic carbocycles. The van der Waals surface area contributed by atoms with Crippen LogP contribution in [0.1, 0.15) is 22.0 Å². The number of nitrogens with one attached hydrogen (secondary N) is 1. The van der Waals surface area contributed by atoms with Gasteiger partial charge in [0.25, 0.3) is 5.91 Å². The Morgan fingerprint density at radius 3 is 2.70 bits per heavy atom. The Morgan fingerprint density at radius 2 is 2.00 bits per heavy atom. The van der Waals surface area contributed by atoms with Crippen molar-refractivity contribution in [3.8, 4) is 10.4 Å². The summed E-state index contributed by atoms with van der Waals surface area (Å²) >= 11 is 1.32. The third-order valence-corrected chi connectivity index (χ3v) is 5.36. The molecular weight excluding hydrogens is 375 g/mol. The molecule has 0 fully saturated rings. The summed E-state index contributed by atoms with van der Waals surface area (Å²) in [6, 6.07) is 8.29. The zero-order chi connectivity index (χ0) is 19.3. The van der Waals surface area contributed by atoms with E-state index < -0.39 is 11.9 Å². The molecule has 0 aromatic carbocycles. The van der Waals surface area contributed by atoms with Crippen LogP contribution in [-0.4, -0.2) is 15.5 Å². The molecule has 0 spiro atoms. The topological polar surface area (TPSA) is 46.9 Å². The minimum absolute atomic E-state index is 0.239. The minimum atomic E-state index is -4.40. The van der Waals surface area contributed by atoms with Gasteiger partial charge in [-0.1, -0.05) is 0 Å². The van der Waals surface area contributed by atoms with Crippen LogP contribution in [0.2, 0.25) is 0 Å². The van der Waals surface area contributed by atoms with E-state index in [1.165, 1.54) is 24.6 Å². The highest BCUT2D eigenvalue weighted by Gasteiger charge is 2.34. The number of fused-ring (bicyclic) bond motifs is 1. The summed E-state index contributed by atoms with van der Waals surface area (Å²) in [4.78, 5) is 18.1. The molecule has 27 heavy (non-hydrogen) atoms. The van der Waals surface area contributed by atoms with Gasteiger partial charge in [-0.15, -0.1) is 11.3 Å². The molecule has 1 aliphatic heterocycles. The number of rotatable bonds is 2. The van der Waals surface area contributed by atoms with Gasteiger partial charge in [0.05, 0.1) is 17.0 Å². The first-order chi connectivity index (χ1) is 12.7. The first-order valence-electron chi connectivity index (χ1n) is 8.07. The summed E-state index contributed by atoms with van der Waals surface area (Å²) in [5, 5.41) is 2.77. The summed E-state index contributed by atoms with van der Waals surface area (Å²) in [6.45, 7) is 1.84. The van der Waals surface area contributed by atoms with Crippen molar-refractivity contribution in [1.29, 1.82) is 0 Å². The van der Waals surface area contributed by atoms with Crippen LogP contribution < -0.4 is 5.32 Å². The average Bonchev–Trinajstić information content (AvgIpc) is 3.26. The SMILES string of the molecule is Cc1ccc2c(n1)C(=Cc1ccc(-c3cc(C(F)(F)F)n(C)c3)s1)C(=O)N2. The number of hydrogen-bond donors (Lipinski definition) is 1. The number of carbonyl (C=O) groups is 1. The molecule has 1 aliphatic rings. The zero-order valence-corrected chi connectivity index (χ0v) is 15.2. The molecule has 1 amide bonds. The normalized spacial score (nSPS) is 15.3. The lowest BCUT2D eigenvalue weighted by molar-refractivity contribution is -0.143. The van der Waals surface area contributed by atoms with Gasteiger partial charge in [-0.2, -0.15) is 13.2 Å². The number of halogens is 3. The summed E-state index contributed by atoms with van der Waals surface area (Å²) in [6.07, 6.45) is -1.23. The molecule has 1 N–H and O–H groups in total. The lowest BCUT2D eigenvalue weighted by Crippen LogP contribution is -2.09. The van der Waals surface area contributed by atoms with Gasteiger partial charge in [-0.3, -0.25) is 9.78 Å². The van der Waals surface area contributed by atoms with E-state index in [2.05, 4.69) is 10.3 Å². The van der Waals surface area contributed by atoms with Crippen molar-refractivity contribution < 1.29 is 18.0 Å². The van der Waals surface area contributed by atoms with Crippen LogP contribution in [0.4, 0.5) is 18.9 Å². The van der Waals surface area contributed by atoms with Gasteiger partial charge in [-0.25, -0.2) is 0 Å². The minimum Gasteiger partial charge on any atom is -0.346 e. The fraction of sp³-hybridized carbons (Fsp3) is 0.158. The van der Waals surface area contributed by atoms with Crippen LogP contribution in [0.25, 0.3) is 22.1 Å². The second kappa shape index (κ2) is 6.09. The Kier molecular flexibility index (Phi) is 3.96. The number of anilines is 1. The number of amides is 1. The fourth-order valence-corrected chi connectivity index (χ4v) is 3.94. The number of aromatic nitrogens is 2. The highest BCUT2D eigenvalue weighted by Crippen LogP contribution is 2.37. The van der Waals surface area contributed by atoms with Gasteiger partial charge < -0.3 is 9.88 Å². The molecule has 0 bridgehead atoms. The van der Waals surface area contributed by atoms with E-state index in [0.29, 0.717) is 27.4 Å². The smallest absolute Gasteiger partial charge is 0.346 e. The summed E-state index contributed by atoms with van der Waals surface area (Å²) in [5.41, 5.74) is 2.29. The van der Waals surface area contributed by atoms with E-state index in [9.17, 15) is 18.0 Å². The fourth-order valence-electron chi connectivity index (χ4n) is 3.00. The predicted molar refractivity (Wildman–Crippen MR) is 99.2 cm³/mol. The largest absolute Gasteiger partial charge is 0.431 e. The van der Waals surface area contributed by atoms with E-state index in [0.717, 1.165) is 21.2 Å². The maximum absolute atomic E-state index is 13.0. The Bertz CT molecular complexity index is 1090. The number of alkyl halides is 3. The lowest BCUT2D eigenvalue weighted by atomic mass is 10.1. The van der Waals surface area contributed by atoms with Gasteiger partial charge in [-0.05, 0) is 43.3 Å². The second-order valence-corrected chi connectivity index (χ2v) is 7.40. The number of thiophene rings is 1. The van der Waals surface area contributed by atoms with Crippen molar-refractivity contribution in [2.45, 2.75) is 13.1 Å². The average molecular weight is 389 g/mol. The molecule has 0 radical (unpaired) electrons. The first kappa shape index (κ1) is 17.5. The van der Waals surface area contributed by atoms with E-state index in [-0.39, 0.29) is 5.91 Å². The number of nitrogens with zero attached hydrogens (tertiary/aromatic N) is 2. The van der Waals surface area contributed by atoms with Gasteiger partial charge in [0.15, 0.2) is 0 Å². The van der Waals surface area contributed by atoms with Crippen molar-refractivity contribution in [1.82, 2.24) is 9.55 Å². The quantitative estimate of drug-likeness (QED) is 0.629. The van der Waals surface area contributed by atoms with Crippen molar-refractivity contribution >= 4 is 34.6 Å². The van der Waals surface area contributed by atoms with Crippen molar-refractivity contribution in [3.05, 3.63) is 58.5 Å². The van der Waals surface area contributed by atoms with Crippen molar-refractivity contribution in [2.75, 3.05) is 5.32 Å². The maximum atomic E-state index is 13.0. The Hall–Kier alpha value is -2.87. The summed E-state index contributed by atoms with van der Waals surface area (Å²) in [5.74, 6) is -0.239. The lowest BCUT2D eigenvalue weighted by Gasteiger charge is -2.05. The highest BCUT2D eigenvalue weighted by atomic mass is 32.1. The van der Waals surface area contributed by atoms with Gasteiger partial charge >= 0.3 is 6.18 Å². The Labute approximate surface area is 157 Å². The third kappa shape index (κ3) is 3.16. The number of aryl methyl sites for hydroxylation is 2. The molecule has 4 heterocycles. The Balaban J connectivity index is 1.70. The van der Waals surface area contributed by atoms with Crippen LogP contribution in [0.3, 0.4) is 0 Å². The molecule has 138 valence electrons. The van der Waals surface area contributed by atoms with Gasteiger partial charge in [0, 0.05) is 34.3 Å². The van der Waals surface area contributed by atoms with Crippen LogP contribution in [0.15, 0.2) is 36.5 Å². The second-order valence-electron chi connectivity index (χ2n) is 6.29. The summed E-state index contributed by atoms with van der Waals surface area (Å²) in [7, 11) is 1.37. The Morgan fingerprint density at radius 1 is 1.22 bits per heavy atom. The molecule has 0 atom stereocenters. The van der Waals surface area contributed by atoms with Crippen LogP contribution in [-0.2, 0) is 18.0 Å². The van der Waals surface area contributed by atoms with Gasteiger partial charge in [0.2, 0.25) is 0 Å². The maximum Gasteiger partial charge on any atom is 0.431 e. The predicted octanol–water partition coefficient (Wildman–Crippen LogP) is 4.97. The molecule has 3 aromatic rings. The van der Waals surface area contributed by atoms with E-state index in [1.54, 1.807) is 24.3 Å². The van der Waals surface area contributed by atoms with Gasteiger partial charge in [0.1, 0.15) is 5.69 Å². The zero-order valence-electron chi connectivity index (χ0n) is 14.4. The van der Waals surface area contributed by atoms with Crippen LogP contribution in [0.5, 0.6) is 0 Å². The molecule has 4 rings (SSSR count). The molecule has 0 saturated heterocycles. The van der Waals surface area contributed by atoms with Crippen LogP contribution >= 0.6 is 11.3 Å². The highest BCUT2D eigenvalue weighted by molar-refractivity contribution is 7.16. The standard InChI is InChI=1S/C19H14F3N3OS/c1-10-3-5-14-17(23-10)13(18(26)24-14)8-12-4-6-15(27-12)11-7-16(19(20,21)22)25(2)9-11/h3-9H,1-2H3,(H,24,26). The van der Waals surface area contributed by atoms with Crippen LogP contribution in [0, 0.1) is 6.92 Å². The monoisotopic (exact) mass is 389 g/mol. The molecule has 3 aromatic heterocycles. The number of carbonyl (C=O) groups excluding carboxylic acids is 1. The number of pyridine rings is 1. The van der Waals surface area contributed by atoms with Crippen molar-refractivity contribution in [2.24, 2.45) is 7.05 Å². The molecular formula is C19H14F3N3OS. The number of hydrogen-bond acceptors (Lipinski definition) is 3. The molecule has 0 saturated carbocycles. The molecule has 0 unspecified atom stereocenters. The van der Waals surface area contributed by atoms with E-state index >= 15 is 0 Å².